The van der Waals surface area contributed by atoms with E-state index in [0.717, 1.165) is 26.1 Å². The Morgan fingerprint density at radius 1 is 1.19 bits per heavy atom. The molecule has 138 valence electrons. The lowest BCUT2D eigenvalue weighted by molar-refractivity contribution is -0.126. The number of carbonyl (C=O) groups is 2. The molecule has 1 aliphatic rings. The third-order valence-electron chi connectivity index (χ3n) is 4.60. The van der Waals surface area contributed by atoms with Crippen LogP contribution in [0.25, 0.3) is 0 Å². The average Bonchev–Trinajstić information content (AvgIpc) is 3.27. The molecular weight excluding hydrogens is 346 g/mol. The Morgan fingerprint density at radius 2 is 1.96 bits per heavy atom. The van der Waals surface area contributed by atoms with Crippen molar-refractivity contribution in [3.8, 4) is 0 Å². The normalized spacial score (nSPS) is 17.8. The largest absolute Gasteiger partial charge is 0.350 e. The van der Waals surface area contributed by atoms with E-state index in [9.17, 15) is 9.59 Å². The number of rotatable bonds is 6. The molecule has 1 atom stereocenters. The minimum Gasteiger partial charge on any atom is -0.350 e. The molecule has 0 radical (unpaired) electrons. The van der Waals surface area contributed by atoms with E-state index in [1.807, 2.05) is 29.6 Å². The van der Waals surface area contributed by atoms with Gasteiger partial charge < -0.3 is 10.6 Å². The second-order valence-electron chi connectivity index (χ2n) is 7.24. The molecule has 0 bridgehead atoms. The zero-order chi connectivity index (χ0) is 18.6. The molecule has 1 saturated heterocycles. The lowest BCUT2D eigenvalue weighted by Gasteiger charge is -2.27. The molecule has 1 aromatic carbocycles. The maximum atomic E-state index is 12.6. The molecule has 0 unspecified atom stereocenters. The summed E-state index contributed by atoms with van der Waals surface area (Å²) in [5, 5.41) is 7.77. The van der Waals surface area contributed by atoms with E-state index >= 15 is 0 Å². The van der Waals surface area contributed by atoms with Gasteiger partial charge in [0, 0.05) is 25.7 Å². The van der Waals surface area contributed by atoms with Crippen molar-refractivity contribution in [2.24, 2.45) is 0 Å². The molecule has 0 spiro atoms. The highest BCUT2D eigenvalue weighted by atomic mass is 32.1. The first-order chi connectivity index (χ1) is 12.4. The van der Waals surface area contributed by atoms with Crippen LogP contribution in [0.15, 0.2) is 47.8 Å². The number of hydrogen-bond acceptors (Lipinski definition) is 4. The van der Waals surface area contributed by atoms with Gasteiger partial charge in [-0.3, -0.25) is 14.5 Å². The zero-order valence-electron chi connectivity index (χ0n) is 15.2. The smallest absolute Gasteiger partial charge is 0.262 e. The number of amides is 2. The maximum Gasteiger partial charge on any atom is 0.262 e. The number of nitrogens with one attached hydrogen (secondary N) is 2. The van der Waals surface area contributed by atoms with E-state index in [0.29, 0.717) is 4.88 Å². The van der Waals surface area contributed by atoms with Crippen LogP contribution >= 0.6 is 11.3 Å². The van der Waals surface area contributed by atoms with E-state index in [1.165, 1.54) is 16.9 Å². The lowest BCUT2D eigenvalue weighted by Crippen LogP contribution is -2.56. The van der Waals surface area contributed by atoms with Gasteiger partial charge >= 0.3 is 0 Å². The summed E-state index contributed by atoms with van der Waals surface area (Å²) in [5.41, 5.74) is 0.330. The fraction of sp³-hybridized carbons (Fsp3) is 0.400. The van der Waals surface area contributed by atoms with E-state index in [1.54, 1.807) is 19.9 Å². The van der Waals surface area contributed by atoms with Crippen molar-refractivity contribution in [2.75, 3.05) is 13.1 Å². The summed E-state index contributed by atoms with van der Waals surface area (Å²) in [6.45, 7) is 6.16. The van der Waals surface area contributed by atoms with Gasteiger partial charge in [0.15, 0.2) is 0 Å². The highest BCUT2D eigenvalue weighted by Crippen LogP contribution is 2.15. The first-order valence-corrected chi connectivity index (χ1v) is 9.75. The Balaban J connectivity index is 1.50. The highest BCUT2D eigenvalue weighted by molar-refractivity contribution is 7.12. The van der Waals surface area contributed by atoms with Crippen molar-refractivity contribution in [2.45, 2.75) is 38.4 Å². The van der Waals surface area contributed by atoms with Crippen LogP contribution in [0.4, 0.5) is 0 Å². The number of benzene rings is 1. The molecule has 1 aromatic heterocycles. The third-order valence-corrected chi connectivity index (χ3v) is 5.46. The van der Waals surface area contributed by atoms with Crippen LogP contribution in [0.2, 0.25) is 0 Å². The molecule has 0 aliphatic carbocycles. The molecular formula is C20H25N3O2S. The number of carbonyl (C=O) groups excluding carboxylic acids is 2. The van der Waals surface area contributed by atoms with Crippen LogP contribution in [0.3, 0.4) is 0 Å². The summed E-state index contributed by atoms with van der Waals surface area (Å²) in [5.74, 6) is -0.355. The standard InChI is InChI=1S/C20H25N3O2S/c1-20(2,22-18(24)17-9-6-12-26-17)19(25)21-16-10-11-23(14-16)13-15-7-4-3-5-8-15/h3-9,12,16H,10-11,13-14H2,1-2H3,(H,21,25)(H,22,24)/t16-/m0/s1. The zero-order valence-corrected chi connectivity index (χ0v) is 16.0. The maximum absolute atomic E-state index is 12.6. The SMILES string of the molecule is CC(C)(NC(=O)c1cccs1)C(=O)N[C@H]1CCN(Cc2ccccc2)C1. The molecule has 1 fully saturated rings. The predicted octanol–water partition coefficient (Wildman–Crippen LogP) is 2.65. The molecule has 1 aliphatic heterocycles. The van der Waals surface area contributed by atoms with E-state index in [-0.39, 0.29) is 17.9 Å². The number of thiophene rings is 1. The molecule has 2 amide bonds. The lowest BCUT2D eigenvalue weighted by atomic mass is 10.0. The Hall–Kier alpha value is -2.18. The summed E-state index contributed by atoms with van der Waals surface area (Å²) < 4.78 is 0. The van der Waals surface area contributed by atoms with Gasteiger partial charge in [-0.25, -0.2) is 0 Å². The minimum atomic E-state index is -0.950. The van der Waals surface area contributed by atoms with Crippen molar-refractivity contribution in [3.63, 3.8) is 0 Å². The van der Waals surface area contributed by atoms with Gasteiger partial charge in [0.25, 0.3) is 5.91 Å². The number of nitrogens with zero attached hydrogens (tertiary/aromatic N) is 1. The Morgan fingerprint density at radius 3 is 2.65 bits per heavy atom. The van der Waals surface area contributed by atoms with Gasteiger partial charge in [0.05, 0.1) is 4.88 Å². The molecule has 5 nitrogen and oxygen atoms in total. The summed E-state index contributed by atoms with van der Waals surface area (Å²) in [6.07, 6.45) is 0.924. The first-order valence-electron chi connectivity index (χ1n) is 8.87. The monoisotopic (exact) mass is 371 g/mol. The van der Waals surface area contributed by atoms with E-state index in [4.69, 9.17) is 0 Å². The second kappa shape index (κ2) is 8.01. The van der Waals surface area contributed by atoms with Crippen LogP contribution in [0.1, 0.15) is 35.5 Å². The van der Waals surface area contributed by atoms with Gasteiger partial charge in [-0.15, -0.1) is 11.3 Å². The predicted molar refractivity (Wildman–Crippen MR) is 104 cm³/mol. The van der Waals surface area contributed by atoms with Crippen molar-refractivity contribution in [1.29, 1.82) is 0 Å². The van der Waals surface area contributed by atoms with Gasteiger partial charge in [0.1, 0.15) is 5.54 Å². The van der Waals surface area contributed by atoms with Gasteiger partial charge in [0.2, 0.25) is 5.91 Å². The third kappa shape index (κ3) is 4.71. The van der Waals surface area contributed by atoms with E-state index < -0.39 is 5.54 Å². The summed E-state index contributed by atoms with van der Waals surface area (Å²) >= 11 is 1.37. The Bertz CT molecular complexity index is 744. The molecule has 26 heavy (non-hydrogen) atoms. The molecule has 2 N–H and O–H groups in total. The number of likely N-dealkylation sites (tertiary alicyclic amines) is 1. The summed E-state index contributed by atoms with van der Waals surface area (Å²) in [7, 11) is 0. The fourth-order valence-electron chi connectivity index (χ4n) is 3.11. The van der Waals surface area contributed by atoms with Crippen LogP contribution in [-0.4, -0.2) is 41.4 Å². The Kier molecular flexibility index (Phi) is 5.74. The summed E-state index contributed by atoms with van der Waals surface area (Å²) in [6, 6.07) is 14.0. The van der Waals surface area contributed by atoms with Crippen LogP contribution in [0.5, 0.6) is 0 Å². The van der Waals surface area contributed by atoms with Crippen molar-refractivity contribution in [3.05, 3.63) is 58.3 Å². The van der Waals surface area contributed by atoms with Crippen LogP contribution < -0.4 is 10.6 Å². The van der Waals surface area contributed by atoms with Gasteiger partial charge in [-0.2, -0.15) is 0 Å². The number of hydrogen-bond donors (Lipinski definition) is 2. The van der Waals surface area contributed by atoms with Crippen molar-refractivity contribution >= 4 is 23.2 Å². The Labute approximate surface area is 158 Å². The fourth-order valence-corrected chi connectivity index (χ4v) is 3.73. The van der Waals surface area contributed by atoms with Crippen molar-refractivity contribution < 1.29 is 9.59 Å². The minimum absolute atomic E-state index is 0.115. The molecule has 3 rings (SSSR count). The second-order valence-corrected chi connectivity index (χ2v) is 8.18. The molecule has 0 saturated carbocycles. The average molecular weight is 372 g/mol. The molecule has 2 aromatic rings. The van der Waals surface area contributed by atoms with E-state index in [2.05, 4.69) is 27.7 Å². The topological polar surface area (TPSA) is 61.4 Å². The molecule has 2 heterocycles. The summed E-state index contributed by atoms with van der Waals surface area (Å²) in [4.78, 5) is 27.8. The van der Waals surface area contributed by atoms with Crippen LogP contribution in [-0.2, 0) is 11.3 Å². The highest BCUT2D eigenvalue weighted by Gasteiger charge is 2.33. The van der Waals surface area contributed by atoms with Crippen molar-refractivity contribution in [1.82, 2.24) is 15.5 Å². The first kappa shape index (κ1) is 18.6. The van der Waals surface area contributed by atoms with Gasteiger partial charge in [-0.05, 0) is 37.3 Å². The van der Waals surface area contributed by atoms with Gasteiger partial charge in [-0.1, -0.05) is 36.4 Å². The quantitative estimate of drug-likeness (QED) is 0.821. The van der Waals surface area contributed by atoms with Crippen LogP contribution in [0, 0.1) is 0 Å². The molecule has 6 heteroatoms.